The van der Waals surface area contributed by atoms with Crippen molar-refractivity contribution in [2.24, 2.45) is 5.92 Å². The number of nitrogens with one attached hydrogen (secondary N) is 1. The first-order valence-electron chi connectivity index (χ1n) is 8.53. The van der Waals surface area contributed by atoms with Crippen LogP contribution in [0.1, 0.15) is 22.6 Å². The van der Waals surface area contributed by atoms with Gasteiger partial charge in [0.1, 0.15) is 0 Å². The molecule has 132 valence electrons. The number of rotatable bonds is 4. The number of amides is 1. The van der Waals surface area contributed by atoms with E-state index in [1.807, 2.05) is 49.4 Å². The van der Waals surface area contributed by atoms with Crippen molar-refractivity contribution >= 4 is 16.8 Å². The van der Waals surface area contributed by atoms with Crippen molar-refractivity contribution in [3.63, 3.8) is 0 Å². The van der Waals surface area contributed by atoms with Crippen LogP contribution in [0.4, 0.5) is 0 Å². The zero-order valence-electron chi connectivity index (χ0n) is 14.3. The molecule has 0 bridgehead atoms. The molecule has 0 radical (unpaired) electrons. The van der Waals surface area contributed by atoms with Gasteiger partial charge < -0.3 is 10.4 Å². The Morgan fingerprint density at radius 3 is 3.04 bits per heavy atom. The third-order valence-corrected chi connectivity index (χ3v) is 4.66. The van der Waals surface area contributed by atoms with Crippen molar-refractivity contribution in [1.82, 2.24) is 25.3 Å². The van der Waals surface area contributed by atoms with Gasteiger partial charge in [-0.3, -0.25) is 9.78 Å². The van der Waals surface area contributed by atoms with Crippen molar-refractivity contribution in [2.45, 2.75) is 19.4 Å². The van der Waals surface area contributed by atoms with E-state index in [9.17, 15) is 9.90 Å². The zero-order chi connectivity index (χ0) is 18.1. The molecule has 0 saturated carbocycles. The molecule has 1 amide bonds. The van der Waals surface area contributed by atoms with Crippen LogP contribution in [0.5, 0.6) is 0 Å². The van der Waals surface area contributed by atoms with Crippen LogP contribution in [0.15, 0.2) is 48.7 Å². The van der Waals surface area contributed by atoms with Crippen molar-refractivity contribution < 1.29 is 9.90 Å². The smallest absolute Gasteiger partial charge is 0.274 e. The van der Waals surface area contributed by atoms with Crippen molar-refractivity contribution in [3.8, 4) is 5.69 Å². The maximum absolute atomic E-state index is 12.5. The lowest BCUT2D eigenvalue weighted by Crippen LogP contribution is -2.33. The maximum atomic E-state index is 12.5. The van der Waals surface area contributed by atoms with Gasteiger partial charge in [0.25, 0.3) is 5.91 Å². The molecule has 0 spiro atoms. The first-order chi connectivity index (χ1) is 12.7. The van der Waals surface area contributed by atoms with E-state index >= 15 is 0 Å². The summed E-state index contributed by atoms with van der Waals surface area (Å²) in [6, 6.07) is 9.57. The van der Waals surface area contributed by atoms with Crippen LogP contribution in [0.2, 0.25) is 0 Å². The second-order valence-corrected chi connectivity index (χ2v) is 6.46. The molecule has 0 fully saturated rings. The van der Waals surface area contributed by atoms with Gasteiger partial charge in [-0.05, 0) is 37.6 Å². The molecule has 26 heavy (non-hydrogen) atoms. The van der Waals surface area contributed by atoms with E-state index in [0.717, 1.165) is 16.6 Å². The first kappa shape index (κ1) is 16.4. The van der Waals surface area contributed by atoms with Gasteiger partial charge in [0.2, 0.25) is 0 Å². The lowest BCUT2D eigenvalue weighted by Gasteiger charge is -2.12. The van der Waals surface area contributed by atoms with Crippen LogP contribution in [0.25, 0.3) is 16.6 Å². The quantitative estimate of drug-likeness (QED) is 0.701. The molecule has 1 aliphatic rings. The Balaban J connectivity index is 1.57. The molecule has 0 unspecified atom stereocenters. The number of nitrogens with zero attached hydrogens (tertiary/aromatic N) is 4. The number of aromatic nitrogens is 4. The van der Waals surface area contributed by atoms with Crippen molar-refractivity contribution in [3.05, 3.63) is 60.1 Å². The van der Waals surface area contributed by atoms with Gasteiger partial charge in [-0.25, -0.2) is 4.68 Å². The van der Waals surface area contributed by atoms with Crippen LogP contribution >= 0.6 is 0 Å². The molecule has 7 heteroatoms. The van der Waals surface area contributed by atoms with Crippen LogP contribution in [0, 0.1) is 12.8 Å². The van der Waals surface area contributed by atoms with Gasteiger partial charge in [0.15, 0.2) is 5.69 Å². The summed E-state index contributed by atoms with van der Waals surface area (Å²) in [4.78, 5) is 16.8. The van der Waals surface area contributed by atoms with E-state index in [4.69, 9.17) is 0 Å². The number of carbonyl (C=O) groups is 1. The van der Waals surface area contributed by atoms with Gasteiger partial charge in [-0.2, -0.15) is 0 Å². The second kappa shape index (κ2) is 6.68. The highest BCUT2D eigenvalue weighted by Gasteiger charge is 2.23. The molecular weight excluding hydrogens is 330 g/mol. The molecular formula is C19H19N5O2. The third kappa shape index (κ3) is 2.97. The summed E-state index contributed by atoms with van der Waals surface area (Å²) < 4.78 is 1.66. The number of aliphatic hydroxyl groups is 1. The van der Waals surface area contributed by atoms with Crippen LogP contribution in [-0.2, 0) is 0 Å². The zero-order valence-corrected chi connectivity index (χ0v) is 14.3. The summed E-state index contributed by atoms with van der Waals surface area (Å²) in [5.41, 5.74) is 2.71. The summed E-state index contributed by atoms with van der Waals surface area (Å²) >= 11 is 0. The number of carbonyl (C=O) groups excluding carboxylic acids is 1. The lowest BCUT2D eigenvalue weighted by molar-refractivity contribution is 0.0935. The first-order valence-corrected chi connectivity index (χ1v) is 8.53. The van der Waals surface area contributed by atoms with Gasteiger partial charge in [-0.15, -0.1) is 5.10 Å². The number of fused-ring (bicyclic) bond motifs is 1. The van der Waals surface area contributed by atoms with Gasteiger partial charge >= 0.3 is 0 Å². The standard InChI is InChI=1S/C19H19N5O2/c1-12-18(19(26)21-15-5-4-13(9-15)11-25)22-23-24(12)16-6-7-17-14(10-16)3-2-8-20-17/h2-8,10,13,15,25H,9,11H2,1H3,(H,21,26)/t13-,15+/m0/s1. The summed E-state index contributed by atoms with van der Waals surface area (Å²) in [5, 5.41) is 21.3. The highest BCUT2D eigenvalue weighted by atomic mass is 16.3. The van der Waals surface area contributed by atoms with Crippen LogP contribution in [-0.4, -0.2) is 43.6 Å². The molecule has 2 atom stereocenters. The minimum atomic E-state index is -0.260. The molecule has 3 aromatic rings. The maximum Gasteiger partial charge on any atom is 0.274 e. The van der Waals surface area contributed by atoms with Crippen LogP contribution < -0.4 is 5.32 Å². The van der Waals surface area contributed by atoms with E-state index in [0.29, 0.717) is 17.8 Å². The molecule has 2 N–H and O–H groups in total. The molecule has 2 aromatic heterocycles. The molecule has 0 aliphatic heterocycles. The van der Waals surface area contributed by atoms with E-state index in [2.05, 4.69) is 20.6 Å². The third-order valence-electron chi connectivity index (χ3n) is 4.66. The lowest BCUT2D eigenvalue weighted by atomic mass is 10.1. The Bertz CT molecular complexity index is 995. The molecule has 4 rings (SSSR count). The summed E-state index contributed by atoms with van der Waals surface area (Å²) in [5.74, 6) is -0.160. The predicted molar refractivity (Wildman–Crippen MR) is 97.0 cm³/mol. The molecule has 1 aromatic carbocycles. The van der Waals surface area contributed by atoms with Crippen LogP contribution in [0.3, 0.4) is 0 Å². The normalized spacial score (nSPS) is 19.2. The van der Waals surface area contributed by atoms with Crippen molar-refractivity contribution in [2.75, 3.05) is 6.61 Å². The molecule has 2 heterocycles. The number of hydrogen-bond acceptors (Lipinski definition) is 5. The Kier molecular flexibility index (Phi) is 4.22. The average molecular weight is 349 g/mol. The van der Waals surface area contributed by atoms with Gasteiger partial charge in [-0.1, -0.05) is 23.4 Å². The molecule has 7 nitrogen and oxygen atoms in total. The fourth-order valence-electron chi connectivity index (χ4n) is 3.23. The minimum absolute atomic E-state index is 0.0871. The van der Waals surface area contributed by atoms with Gasteiger partial charge in [0.05, 0.1) is 16.9 Å². The van der Waals surface area contributed by atoms with E-state index in [1.165, 1.54) is 0 Å². The second-order valence-electron chi connectivity index (χ2n) is 6.46. The molecule has 0 saturated heterocycles. The average Bonchev–Trinajstić information content (AvgIpc) is 3.27. The fourth-order valence-corrected chi connectivity index (χ4v) is 3.23. The van der Waals surface area contributed by atoms with Crippen molar-refractivity contribution in [1.29, 1.82) is 0 Å². The monoisotopic (exact) mass is 349 g/mol. The SMILES string of the molecule is Cc1c(C(=O)N[C@@H]2C=C[C@H](CO)C2)nnn1-c1ccc2ncccc2c1. The largest absolute Gasteiger partial charge is 0.396 e. The Morgan fingerprint density at radius 2 is 2.23 bits per heavy atom. The van der Waals surface area contributed by atoms with E-state index in [1.54, 1.807) is 10.9 Å². The predicted octanol–water partition coefficient (Wildman–Crippen LogP) is 1.79. The fraction of sp³-hybridized carbons (Fsp3) is 0.263. The van der Waals surface area contributed by atoms with E-state index in [-0.39, 0.29) is 24.5 Å². The number of benzene rings is 1. The minimum Gasteiger partial charge on any atom is -0.396 e. The summed E-state index contributed by atoms with van der Waals surface area (Å²) in [6.45, 7) is 1.91. The Morgan fingerprint density at radius 1 is 1.35 bits per heavy atom. The number of pyridine rings is 1. The Hall–Kier alpha value is -3.06. The topological polar surface area (TPSA) is 92.9 Å². The highest BCUT2D eigenvalue weighted by molar-refractivity contribution is 5.93. The number of hydrogen-bond donors (Lipinski definition) is 2. The molecule has 1 aliphatic carbocycles. The Labute approximate surface area is 150 Å². The summed E-state index contributed by atoms with van der Waals surface area (Å²) in [7, 11) is 0. The van der Waals surface area contributed by atoms with E-state index < -0.39 is 0 Å². The van der Waals surface area contributed by atoms with Gasteiger partial charge in [0, 0.05) is 30.1 Å². The number of aliphatic hydroxyl groups excluding tert-OH is 1. The summed E-state index contributed by atoms with van der Waals surface area (Å²) in [6.07, 6.45) is 6.30. The highest BCUT2D eigenvalue weighted by Crippen LogP contribution is 2.20.